The number of rotatable bonds is 7. The lowest BCUT2D eigenvalue weighted by atomic mass is 10.3. The smallest absolute Gasteiger partial charge is 0.211 e. The predicted octanol–water partition coefficient (Wildman–Crippen LogP) is 1.34. The van der Waals surface area contributed by atoms with Crippen LogP contribution in [0.15, 0.2) is 4.99 Å². The van der Waals surface area contributed by atoms with Gasteiger partial charge in [-0.3, -0.25) is 4.99 Å². The van der Waals surface area contributed by atoms with E-state index >= 15 is 0 Å². The van der Waals surface area contributed by atoms with Gasteiger partial charge in [0.2, 0.25) is 10.0 Å². The number of hydrogen-bond donors (Lipinski definition) is 2. The minimum absolute atomic E-state index is 0. The van der Waals surface area contributed by atoms with Crippen molar-refractivity contribution in [1.29, 1.82) is 0 Å². The first kappa shape index (κ1) is 22.3. The molecule has 132 valence electrons. The Hall–Kier alpha value is 0.260. The van der Waals surface area contributed by atoms with Crippen LogP contribution in [-0.4, -0.2) is 68.8 Å². The second-order valence-electron chi connectivity index (χ2n) is 4.88. The highest BCUT2D eigenvalue weighted by molar-refractivity contribution is 14.0. The number of hydrogen-bond acceptors (Lipinski definition) is 4. The molecule has 0 aromatic rings. The lowest BCUT2D eigenvalue weighted by Crippen LogP contribution is -2.48. The first-order valence-corrected chi connectivity index (χ1v) is 10.3. The number of guanidine groups is 1. The van der Waals surface area contributed by atoms with Crippen LogP contribution in [0.4, 0.5) is 0 Å². The molecule has 6 nitrogen and oxygen atoms in total. The largest absolute Gasteiger partial charge is 0.357 e. The van der Waals surface area contributed by atoms with Gasteiger partial charge in [0, 0.05) is 37.2 Å². The van der Waals surface area contributed by atoms with Gasteiger partial charge in [0.25, 0.3) is 0 Å². The lowest BCUT2D eigenvalue weighted by Gasteiger charge is -2.34. The monoisotopic (exact) mass is 464 g/mol. The summed E-state index contributed by atoms with van der Waals surface area (Å²) in [6.07, 6.45) is 1.16. The van der Waals surface area contributed by atoms with Gasteiger partial charge in [0.1, 0.15) is 0 Å². The summed E-state index contributed by atoms with van der Waals surface area (Å²) in [5.74, 6) is 2.12. The summed E-state index contributed by atoms with van der Waals surface area (Å²) >= 11 is 2.02. The van der Waals surface area contributed by atoms with Crippen molar-refractivity contribution in [1.82, 2.24) is 14.9 Å². The average molecular weight is 464 g/mol. The molecule has 1 atom stereocenters. The molecule has 1 aliphatic rings. The minimum atomic E-state index is -3.12. The molecule has 0 radical (unpaired) electrons. The fourth-order valence-corrected chi connectivity index (χ4v) is 3.84. The molecule has 0 aromatic carbocycles. The van der Waals surface area contributed by atoms with Crippen molar-refractivity contribution in [2.24, 2.45) is 4.99 Å². The number of thioether (sulfide) groups is 1. The number of aliphatic imine (C=N–C) groups is 1. The van der Waals surface area contributed by atoms with Gasteiger partial charge in [-0.15, -0.1) is 24.0 Å². The van der Waals surface area contributed by atoms with E-state index in [0.29, 0.717) is 18.3 Å². The predicted molar refractivity (Wildman–Crippen MR) is 107 cm³/mol. The molecule has 0 saturated carbocycles. The number of halogens is 1. The van der Waals surface area contributed by atoms with Crippen LogP contribution in [0.5, 0.6) is 0 Å². The highest BCUT2D eigenvalue weighted by Crippen LogP contribution is 2.20. The number of sulfonamides is 1. The van der Waals surface area contributed by atoms with E-state index < -0.39 is 10.0 Å². The summed E-state index contributed by atoms with van der Waals surface area (Å²) in [7, 11) is -3.12. The van der Waals surface area contributed by atoms with Crippen LogP contribution in [-0.2, 0) is 10.0 Å². The Labute approximate surface area is 156 Å². The van der Waals surface area contributed by atoms with Crippen LogP contribution in [0.3, 0.4) is 0 Å². The zero-order valence-electron chi connectivity index (χ0n) is 13.7. The third kappa shape index (κ3) is 8.21. The molecule has 1 saturated heterocycles. The van der Waals surface area contributed by atoms with Crippen LogP contribution in [0.25, 0.3) is 0 Å². The Balaban J connectivity index is 0.00000441. The molecule has 0 spiro atoms. The molecule has 1 rings (SSSR count). The minimum Gasteiger partial charge on any atom is -0.357 e. The Morgan fingerprint density at radius 2 is 2.09 bits per heavy atom. The van der Waals surface area contributed by atoms with E-state index in [4.69, 9.17) is 0 Å². The molecule has 1 unspecified atom stereocenters. The van der Waals surface area contributed by atoms with Gasteiger partial charge in [0.15, 0.2) is 5.96 Å². The highest BCUT2D eigenvalue weighted by Gasteiger charge is 2.21. The van der Waals surface area contributed by atoms with Crippen LogP contribution in [0.1, 0.15) is 27.2 Å². The van der Waals surface area contributed by atoms with Crippen molar-refractivity contribution >= 4 is 51.7 Å². The van der Waals surface area contributed by atoms with Crippen molar-refractivity contribution in [3.63, 3.8) is 0 Å². The van der Waals surface area contributed by atoms with Crippen molar-refractivity contribution < 1.29 is 8.42 Å². The van der Waals surface area contributed by atoms with Crippen molar-refractivity contribution in [3.8, 4) is 0 Å². The molecular weight excluding hydrogens is 435 g/mol. The summed E-state index contributed by atoms with van der Waals surface area (Å²) in [5.41, 5.74) is 0. The SMILES string of the molecule is CCNC(=NCCNS(=O)(=O)CC)N1CCSC(CC)C1.I. The third-order valence-electron chi connectivity index (χ3n) is 3.30. The van der Waals surface area contributed by atoms with Crippen LogP contribution in [0.2, 0.25) is 0 Å². The van der Waals surface area contributed by atoms with E-state index in [0.717, 1.165) is 37.8 Å². The maximum absolute atomic E-state index is 11.4. The molecule has 1 fully saturated rings. The van der Waals surface area contributed by atoms with E-state index in [1.807, 2.05) is 18.7 Å². The fourth-order valence-electron chi connectivity index (χ4n) is 2.05. The molecule has 1 aliphatic heterocycles. The third-order valence-corrected chi connectivity index (χ3v) is 6.08. The number of nitrogens with one attached hydrogen (secondary N) is 2. The van der Waals surface area contributed by atoms with Gasteiger partial charge >= 0.3 is 0 Å². The van der Waals surface area contributed by atoms with Crippen LogP contribution >= 0.6 is 35.7 Å². The molecule has 22 heavy (non-hydrogen) atoms. The molecule has 0 amide bonds. The highest BCUT2D eigenvalue weighted by atomic mass is 127. The Morgan fingerprint density at radius 1 is 1.36 bits per heavy atom. The standard InChI is InChI=1S/C13H28N4O2S2.HI/c1-4-12-11-17(9-10-20-12)13(14-5-2)15-7-8-16-21(18,19)6-3;/h12,16H,4-11H2,1-3H3,(H,14,15);1H. The zero-order valence-corrected chi connectivity index (χ0v) is 17.6. The molecule has 0 bridgehead atoms. The topological polar surface area (TPSA) is 73.8 Å². The Bertz CT molecular complexity index is 432. The van der Waals surface area contributed by atoms with Crippen molar-refractivity contribution in [2.75, 3.05) is 44.2 Å². The fraction of sp³-hybridized carbons (Fsp3) is 0.923. The van der Waals surface area contributed by atoms with Gasteiger partial charge in [-0.05, 0) is 20.3 Å². The molecule has 0 aromatic heterocycles. The van der Waals surface area contributed by atoms with E-state index in [-0.39, 0.29) is 29.7 Å². The summed E-state index contributed by atoms with van der Waals surface area (Å²) in [5, 5.41) is 3.95. The summed E-state index contributed by atoms with van der Waals surface area (Å²) in [4.78, 5) is 6.82. The molecule has 9 heteroatoms. The average Bonchev–Trinajstić information content (AvgIpc) is 2.50. The second-order valence-corrected chi connectivity index (χ2v) is 8.38. The van der Waals surface area contributed by atoms with Crippen molar-refractivity contribution in [3.05, 3.63) is 0 Å². The van der Waals surface area contributed by atoms with Crippen LogP contribution < -0.4 is 10.0 Å². The van der Waals surface area contributed by atoms with Crippen molar-refractivity contribution in [2.45, 2.75) is 32.4 Å². The Kier molecular flexibility index (Phi) is 11.9. The van der Waals surface area contributed by atoms with E-state index in [1.54, 1.807) is 6.92 Å². The van der Waals surface area contributed by atoms with Gasteiger partial charge < -0.3 is 10.2 Å². The maximum atomic E-state index is 11.4. The first-order valence-electron chi connectivity index (χ1n) is 7.64. The van der Waals surface area contributed by atoms with E-state index in [2.05, 4.69) is 26.9 Å². The Morgan fingerprint density at radius 3 is 2.68 bits per heavy atom. The number of nitrogens with zero attached hydrogens (tertiary/aromatic N) is 2. The molecule has 0 aliphatic carbocycles. The quantitative estimate of drug-likeness (QED) is 0.258. The van der Waals surface area contributed by atoms with Crippen LogP contribution in [0, 0.1) is 0 Å². The van der Waals surface area contributed by atoms with E-state index in [9.17, 15) is 8.42 Å². The summed E-state index contributed by atoms with van der Waals surface area (Å²) in [6.45, 7) is 9.52. The lowest BCUT2D eigenvalue weighted by molar-refractivity contribution is 0.408. The zero-order chi connectivity index (χ0) is 15.7. The normalized spacial score (nSPS) is 19.7. The summed E-state index contributed by atoms with van der Waals surface area (Å²) < 4.78 is 25.3. The molecule has 2 N–H and O–H groups in total. The van der Waals surface area contributed by atoms with Gasteiger partial charge in [0.05, 0.1) is 12.3 Å². The van der Waals surface area contributed by atoms with Gasteiger partial charge in [-0.2, -0.15) is 11.8 Å². The van der Waals surface area contributed by atoms with Gasteiger partial charge in [-0.25, -0.2) is 13.1 Å². The molecule has 1 heterocycles. The van der Waals surface area contributed by atoms with E-state index in [1.165, 1.54) is 0 Å². The second kappa shape index (κ2) is 11.7. The van der Waals surface area contributed by atoms with Gasteiger partial charge in [-0.1, -0.05) is 6.92 Å². The maximum Gasteiger partial charge on any atom is 0.211 e. The molecular formula is C13H29IN4O2S2. The first-order chi connectivity index (χ1) is 10.0. The summed E-state index contributed by atoms with van der Waals surface area (Å²) in [6, 6.07) is 0.